The van der Waals surface area contributed by atoms with Crippen LogP contribution in [-0.2, 0) is 0 Å². The number of rotatable bonds is 1. The molecule has 2 aromatic heterocycles. The van der Waals surface area contributed by atoms with E-state index >= 15 is 0 Å². The first-order chi connectivity index (χ1) is 5.75. The molecule has 2 aromatic rings. The van der Waals surface area contributed by atoms with E-state index in [0.29, 0.717) is 0 Å². The van der Waals surface area contributed by atoms with Gasteiger partial charge in [-0.15, -0.1) is 11.3 Å². The minimum absolute atomic E-state index is 1.04. The fraction of sp³-hybridized carbons (Fsp3) is 0.125. The van der Waals surface area contributed by atoms with Gasteiger partial charge in [-0.2, -0.15) is 0 Å². The number of halogens is 1. The first-order valence-electron chi connectivity index (χ1n) is 3.51. The minimum Gasteiger partial charge on any atom is -0.305 e. The van der Waals surface area contributed by atoms with E-state index in [0.717, 1.165) is 15.2 Å². The Kier molecular flexibility index (Phi) is 2.02. The highest BCUT2D eigenvalue weighted by molar-refractivity contribution is 9.11. The van der Waals surface area contributed by atoms with Crippen molar-refractivity contribution in [3.8, 4) is 5.69 Å². The number of thiophene rings is 1. The topological polar surface area (TPSA) is 17.8 Å². The Labute approximate surface area is 83.0 Å². The SMILES string of the molecule is Cc1cn(-c2csc(Br)c2)cn1. The molecule has 2 heterocycles. The summed E-state index contributed by atoms with van der Waals surface area (Å²) >= 11 is 5.10. The van der Waals surface area contributed by atoms with Crippen LogP contribution in [0.15, 0.2) is 27.8 Å². The Bertz CT molecular complexity index is 353. The Morgan fingerprint density at radius 2 is 2.42 bits per heavy atom. The number of nitrogens with zero attached hydrogens (tertiary/aromatic N) is 2. The lowest BCUT2D eigenvalue weighted by atomic mass is 10.5. The maximum absolute atomic E-state index is 4.15. The number of hydrogen-bond acceptors (Lipinski definition) is 2. The van der Waals surface area contributed by atoms with E-state index < -0.39 is 0 Å². The van der Waals surface area contributed by atoms with Crippen molar-refractivity contribution in [2.24, 2.45) is 0 Å². The van der Waals surface area contributed by atoms with Gasteiger partial charge in [-0.1, -0.05) is 0 Å². The van der Waals surface area contributed by atoms with E-state index in [2.05, 4.69) is 32.4 Å². The smallest absolute Gasteiger partial charge is 0.0995 e. The van der Waals surface area contributed by atoms with E-state index in [-0.39, 0.29) is 0 Å². The van der Waals surface area contributed by atoms with E-state index in [4.69, 9.17) is 0 Å². The molecule has 0 spiro atoms. The molecule has 4 heteroatoms. The number of aryl methyl sites for hydroxylation is 1. The molecule has 0 bridgehead atoms. The molecule has 12 heavy (non-hydrogen) atoms. The van der Waals surface area contributed by atoms with Gasteiger partial charge in [-0.3, -0.25) is 0 Å². The third-order valence-electron chi connectivity index (χ3n) is 1.56. The summed E-state index contributed by atoms with van der Waals surface area (Å²) in [5, 5.41) is 2.09. The van der Waals surface area contributed by atoms with E-state index in [1.807, 2.05) is 24.0 Å². The summed E-state index contributed by atoms with van der Waals surface area (Å²) in [6.07, 6.45) is 3.83. The zero-order valence-corrected chi connectivity index (χ0v) is 8.89. The monoisotopic (exact) mass is 242 g/mol. The zero-order chi connectivity index (χ0) is 8.55. The average Bonchev–Trinajstić information content (AvgIpc) is 2.58. The predicted molar refractivity (Wildman–Crippen MR) is 53.9 cm³/mol. The molecule has 0 aliphatic carbocycles. The summed E-state index contributed by atoms with van der Waals surface area (Å²) in [6, 6.07) is 2.08. The molecule has 0 amide bonds. The third kappa shape index (κ3) is 1.44. The molecule has 0 N–H and O–H groups in total. The molecule has 0 radical (unpaired) electrons. The highest BCUT2D eigenvalue weighted by Gasteiger charge is 1.99. The van der Waals surface area contributed by atoms with Crippen molar-refractivity contribution >= 4 is 27.3 Å². The van der Waals surface area contributed by atoms with Crippen LogP contribution in [0.25, 0.3) is 5.69 Å². The second-order valence-electron chi connectivity index (χ2n) is 2.53. The number of hydrogen-bond donors (Lipinski definition) is 0. The molecular formula is C8H7BrN2S. The van der Waals surface area contributed by atoms with Crippen molar-refractivity contribution in [3.05, 3.63) is 33.5 Å². The molecule has 0 aliphatic rings. The van der Waals surface area contributed by atoms with Crippen LogP contribution in [0.4, 0.5) is 0 Å². The fourth-order valence-corrected chi connectivity index (χ4v) is 2.13. The molecular weight excluding hydrogens is 236 g/mol. The Morgan fingerprint density at radius 1 is 1.58 bits per heavy atom. The normalized spacial score (nSPS) is 10.5. The van der Waals surface area contributed by atoms with Gasteiger partial charge in [-0.05, 0) is 28.9 Å². The van der Waals surface area contributed by atoms with E-state index in [1.165, 1.54) is 0 Å². The largest absolute Gasteiger partial charge is 0.305 e. The van der Waals surface area contributed by atoms with Crippen molar-refractivity contribution in [2.45, 2.75) is 6.92 Å². The lowest BCUT2D eigenvalue weighted by Gasteiger charge is -1.93. The second kappa shape index (κ2) is 3.03. The highest BCUT2D eigenvalue weighted by Crippen LogP contribution is 2.23. The second-order valence-corrected chi connectivity index (χ2v) is 4.82. The summed E-state index contributed by atoms with van der Waals surface area (Å²) in [6.45, 7) is 1.98. The van der Waals surface area contributed by atoms with Gasteiger partial charge in [0.25, 0.3) is 0 Å². The minimum atomic E-state index is 1.04. The maximum atomic E-state index is 4.15. The molecule has 62 valence electrons. The first kappa shape index (κ1) is 8.01. The van der Waals surface area contributed by atoms with Crippen LogP contribution in [0.1, 0.15) is 5.69 Å². The summed E-state index contributed by atoms with van der Waals surface area (Å²) in [4.78, 5) is 4.15. The molecule has 0 fully saturated rings. The van der Waals surface area contributed by atoms with Crippen LogP contribution in [0.5, 0.6) is 0 Å². The van der Waals surface area contributed by atoms with Crippen LogP contribution >= 0.6 is 27.3 Å². The van der Waals surface area contributed by atoms with E-state index in [9.17, 15) is 0 Å². The van der Waals surface area contributed by atoms with Crippen molar-refractivity contribution < 1.29 is 0 Å². The fourth-order valence-electron chi connectivity index (χ4n) is 0.999. The highest BCUT2D eigenvalue weighted by atomic mass is 79.9. The maximum Gasteiger partial charge on any atom is 0.0995 e. The van der Waals surface area contributed by atoms with Crippen LogP contribution in [-0.4, -0.2) is 9.55 Å². The molecule has 0 aromatic carbocycles. The van der Waals surface area contributed by atoms with Gasteiger partial charge >= 0.3 is 0 Å². The van der Waals surface area contributed by atoms with Gasteiger partial charge in [0.15, 0.2) is 0 Å². The van der Waals surface area contributed by atoms with Crippen molar-refractivity contribution in [2.75, 3.05) is 0 Å². The van der Waals surface area contributed by atoms with Crippen molar-refractivity contribution in [1.29, 1.82) is 0 Å². The first-order valence-corrected chi connectivity index (χ1v) is 5.18. The standard InChI is InChI=1S/C8H7BrN2S/c1-6-3-11(5-10-6)7-2-8(9)12-4-7/h2-5H,1H3. The zero-order valence-electron chi connectivity index (χ0n) is 6.49. The van der Waals surface area contributed by atoms with Crippen molar-refractivity contribution in [3.63, 3.8) is 0 Å². The van der Waals surface area contributed by atoms with Gasteiger partial charge in [0.05, 0.1) is 21.5 Å². The number of aromatic nitrogens is 2. The van der Waals surface area contributed by atoms with Gasteiger partial charge < -0.3 is 4.57 Å². The van der Waals surface area contributed by atoms with Gasteiger partial charge in [0.2, 0.25) is 0 Å². The molecule has 0 unspecified atom stereocenters. The average molecular weight is 243 g/mol. The van der Waals surface area contributed by atoms with Crippen molar-refractivity contribution in [1.82, 2.24) is 9.55 Å². The third-order valence-corrected chi connectivity index (χ3v) is 3.06. The Morgan fingerprint density at radius 3 is 2.92 bits per heavy atom. The molecule has 0 atom stereocenters. The lowest BCUT2D eigenvalue weighted by Crippen LogP contribution is -1.84. The van der Waals surface area contributed by atoms with Gasteiger partial charge in [0, 0.05) is 11.6 Å². The Hall–Kier alpha value is -0.610. The molecule has 0 aliphatic heterocycles. The molecule has 2 nitrogen and oxygen atoms in total. The molecule has 0 saturated carbocycles. The summed E-state index contributed by atoms with van der Waals surface area (Å²) in [5.41, 5.74) is 2.20. The molecule has 0 saturated heterocycles. The number of imidazole rings is 1. The van der Waals surface area contributed by atoms with Crippen LogP contribution in [0.2, 0.25) is 0 Å². The predicted octanol–water partition coefficient (Wildman–Crippen LogP) is 3.00. The quantitative estimate of drug-likeness (QED) is 0.752. The Balaban J connectivity index is 2.43. The van der Waals surface area contributed by atoms with Crippen LogP contribution < -0.4 is 0 Å². The van der Waals surface area contributed by atoms with E-state index in [1.54, 1.807) is 11.3 Å². The van der Waals surface area contributed by atoms with Crippen LogP contribution in [0.3, 0.4) is 0 Å². The summed E-state index contributed by atoms with van der Waals surface area (Å²) in [5.74, 6) is 0. The summed E-state index contributed by atoms with van der Waals surface area (Å²) < 4.78 is 3.15. The van der Waals surface area contributed by atoms with Gasteiger partial charge in [0.1, 0.15) is 0 Å². The van der Waals surface area contributed by atoms with Crippen LogP contribution in [0, 0.1) is 6.92 Å². The summed E-state index contributed by atoms with van der Waals surface area (Å²) in [7, 11) is 0. The van der Waals surface area contributed by atoms with Gasteiger partial charge in [-0.25, -0.2) is 4.98 Å². The lowest BCUT2D eigenvalue weighted by molar-refractivity contribution is 1.06. The molecule has 2 rings (SSSR count).